The van der Waals surface area contributed by atoms with Gasteiger partial charge in [0.05, 0.1) is 11.3 Å². The fourth-order valence-corrected chi connectivity index (χ4v) is 2.15. The van der Waals surface area contributed by atoms with E-state index in [2.05, 4.69) is 5.32 Å². The van der Waals surface area contributed by atoms with Crippen molar-refractivity contribution in [3.8, 4) is 0 Å². The van der Waals surface area contributed by atoms with E-state index in [1.165, 1.54) is 0 Å². The van der Waals surface area contributed by atoms with Gasteiger partial charge in [-0.1, -0.05) is 0 Å². The van der Waals surface area contributed by atoms with Crippen LogP contribution in [-0.2, 0) is 9.59 Å². The van der Waals surface area contributed by atoms with Crippen LogP contribution in [0, 0.1) is 11.6 Å². The average molecular weight is 280 g/mol. The molecule has 1 saturated carbocycles. The Morgan fingerprint density at radius 3 is 2.65 bits per heavy atom. The fraction of sp³-hybridized carbons (Fsp3) is 0.308. The Morgan fingerprint density at radius 2 is 2.00 bits per heavy atom. The Morgan fingerprint density at radius 1 is 1.30 bits per heavy atom. The number of carbonyl (C=O) groups is 3. The molecule has 0 radical (unpaired) electrons. The molecule has 0 saturated heterocycles. The van der Waals surface area contributed by atoms with Gasteiger partial charge in [-0.25, -0.2) is 8.78 Å². The highest BCUT2D eigenvalue weighted by Crippen LogP contribution is 2.32. The molecule has 1 aromatic carbocycles. The number of nitrogens with one attached hydrogen (secondary N) is 1. The third-order valence-electron chi connectivity index (χ3n) is 3.23. The number of carbonyl (C=O) groups excluding carboxylic acids is 3. The molecule has 20 heavy (non-hydrogen) atoms. The van der Waals surface area contributed by atoms with Crippen molar-refractivity contribution in [1.29, 1.82) is 0 Å². The summed E-state index contributed by atoms with van der Waals surface area (Å²) in [6, 6.07) is 1.47. The van der Waals surface area contributed by atoms with Gasteiger partial charge in [0, 0.05) is 12.1 Å². The number of hydrogen-bond donors (Lipinski definition) is 1. The first-order valence-electron chi connectivity index (χ1n) is 6.12. The van der Waals surface area contributed by atoms with Crippen LogP contribution < -0.4 is 10.2 Å². The molecule has 2 aliphatic rings. The maximum absolute atomic E-state index is 13.8. The van der Waals surface area contributed by atoms with Crippen LogP contribution in [0.5, 0.6) is 0 Å². The fourth-order valence-electron chi connectivity index (χ4n) is 2.15. The summed E-state index contributed by atoms with van der Waals surface area (Å²) in [6.07, 6.45) is 1.74. The standard InChI is InChI=1S/C13H10F2N2O3/c14-6-3-8-11(9(15)4-6)17(13(20)12(8)19)5-10(18)16-7-1-2-7/h3-4,7H,1-2,5H2,(H,16,18). The number of ketones is 1. The first-order valence-corrected chi connectivity index (χ1v) is 6.12. The van der Waals surface area contributed by atoms with Gasteiger partial charge < -0.3 is 5.32 Å². The molecule has 0 bridgehead atoms. The minimum Gasteiger partial charge on any atom is -0.352 e. The van der Waals surface area contributed by atoms with E-state index in [1.54, 1.807) is 0 Å². The third-order valence-corrected chi connectivity index (χ3v) is 3.23. The van der Waals surface area contributed by atoms with Crippen molar-refractivity contribution in [2.75, 3.05) is 11.4 Å². The zero-order chi connectivity index (χ0) is 14.4. The average Bonchev–Trinajstić information content (AvgIpc) is 3.14. The second-order valence-electron chi connectivity index (χ2n) is 4.85. The highest BCUT2D eigenvalue weighted by Gasteiger charge is 2.40. The van der Waals surface area contributed by atoms with E-state index >= 15 is 0 Å². The normalized spacial score (nSPS) is 17.4. The van der Waals surface area contributed by atoms with E-state index in [-0.39, 0.29) is 17.3 Å². The quantitative estimate of drug-likeness (QED) is 0.832. The lowest BCUT2D eigenvalue weighted by atomic mass is 10.1. The summed E-state index contributed by atoms with van der Waals surface area (Å²) >= 11 is 0. The summed E-state index contributed by atoms with van der Waals surface area (Å²) in [4.78, 5) is 35.9. The van der Waals surface area contributed by atoms with Gasteiger partial charge in [0.15, 0.2) is 5.82 Å². The van der Waals surface area contributed by atoms with E-state index in [4.69, 9.17) is 0 Å². The molecule has 1 aromatic rings. The molecule has 1 aliphatic heterocycles. The maximum atomic E-state index is 13.8. The lowest BCUT2D eigenvalue weighted by molar-refractivity contribution is -0.122. The summed E-state index contributed by atoms with van der Waals surface area (Å²) in [7, 11) is 0. The summed E-state index contributed by atoms with van der Waals surface area (Å²) in [6.45, 7) is -0.448. The van der Waals surface area contributed by atoms with Crippen molar-refractivity contribution in [2.24, 2.45) is 0 Å². The molecule has 2 amide bonds. The lowest BCUT2D eigenvalue weighted by Gasteiger charge is -2.16. The predicted octanol–water partition coefficient (Wildman–Crippen LogP) is 0.773. The molecule has 0 aromatic heterocycles. The molecule has 0 atom stereocenters. The number of hydrogen-bond acceptors (Lipinski definition) is 3. The molecule has 7 heteroatoms. The van der Waals surface area contributed by atoms with E-state index in [0.717, 1.165) is 23.8 Å². The van der Waals surface area contributed by atoms with E-state index in [1.807, 2.05) is 0 Å². The monoisotopic (exact) mass is 280 g/mol. The van der Waals surface area contributed by atoms with E-state index in [0.29, 0.717) is 6.07 Å². The Bertz CT molecular complexity index is 641. The van der Waals surface area contributed by atoms with Gasteiger partial charge in [-0.2, -0.15) is 0 Å². The van der Waals surface area contributed by atoms with Gasteiger partial charge in [-0.05, 0) is 18.9 Å². The van der Waals surface area contributed by atoms with Crippen molar-refractivity contribution >= 4 is 23.3 Å². The molecule has 1 heterocycles. The van der Waals surface area contributed by atoms with Gasteiger partial charge >= 0.3 is 0 Å². The predicted molar refractivity (Wildman–Crippen MR) is 64.2 cm³/mol. The van der Waals surface area contributed by atoms with Gasteiger partial charge in [-0.3, -0.25) is 19.3 Å². The highest BCUT2D eigenvalue weighted by molar-refractivity contribution is 6.52. The van der Waals surface area contributed by atoms with E-state index < -0.39 is 35.8 Å². The van der Waals surface area contributed by atoms with Crippen molar-refractivity contribution in [2.45, 2.75) is 18.9 Å². The minimum atomic E-state index is -1.03. The summed E-state index contributed by atoms with van der Waals surface area (Å²) in [5.41, 5.74) is -0.668. The highest BCUT2D eigenvalue weighted by atomic mass is 19.1. The van der Waals surface area contributed by atoms with Crippen molar-refractivity contribution in [1.82, 2.24) is 5.32 Å². The molecule has 1 aliphatic carbocycles. The Labute approximate surface area is 112 Å². The van der Waals surface area contributed by atoms with Crippen LogP contribution in [0.3, 0.4) is 0 Å². The van der Waals surface area contributed by atoms with Gasteiger partial charge in [0.25, 0.3) is 11.7 Å². The first-order chi connectivity index (χ1) is 9.47. The molecular weight excluding hydrogens is 270 g/mol. The lowest BCUT2D eigenvalue weighted by Crippen LogP contribution is -2.41. The number of Topliss-reactive ketones (excluding diaryl/α,β-unsaturated/α-hetero) is 1. The molecule has 3 rings (SSSR count). The van der Waals surface area contributed by atoms with Crippen LogP contribution in [-0.4, -0.2) is 30.2 Å². The number of benzene rings is 1. The topological polar surface area (TPSA) is 66.5 Å². The van der Waals surface area contributed by atoms with Gasteiger partial charge in [0.1, 0.15) is 12.4 Å². The maximum Gasteiger partial charge on any atom is 0.300 e. The number of fused-ring (bicyclic) bond motifs is 1. The summed E-state index contributed by atoms with van der Waals surface area (Å²) in [5, 5.41) is 2.64. The third kappa shape index (κ3) is 2.04. The Kier molecular flexibility index (Phi) is 2.77. The molecular formula is C13H10F2N2O3. The Hall–Kier alpha value is -2.31. The number of rotatable bonds is 3. The van der Waals surface area contributed by atoms with Crippen LogP contribution in [0.1, 0.15) is 23.2 Å². The van der Waals surface area contributed by atoms with Crippen molar-refractivity contribution in [3.05, 3.63) is 29.3 Å². The van der Waals surface area contributed by atoms with Crippen LogP contribution in [0.25, 0.3) is 0 Å². The zero-order valence-corrected chi connectivity index (χ0v) is 10.3. The number of anilines is 1. The summed E-state index contributed by atoms with van der Waals surface area (Å²) in [5.74, 6) is -4.46. The minimum absolute atomic E-state index is 0.0911. The smallest absolute Gasteiger partial charge is 0.300 e. The number of nitrogens with zero attached hydrogens (tertiary/aromatic N) is 1. The number of amides is 2. The number of halogens is 2. The van der Waals surface area contributed by atoms with Gasteiger partial charge in [0.2, 0.25) is 5.91 Å². The van der Waals surface area contributed by atoms with Crippen LogP contribution in [0.15, 0.2) is 12.1 Å². The molecule has 5 nitrogen and oxygen atoms in total. The Balaban J connectivity index is 1.91. The van der Waals surface area contributed by atoms with Crippen LogP contribution in [0.2, 0.25) is 0 Å². The zero-order valence-electron chi connectivity index (χ0n) is 10.3. The molecule has 1 fully saturated rings. The van der Waals surface area contributed by atoms with Crippen molar-refractivity contribution < 1.29 is 23.2 Å². The van der Waals surface area contributed by atoms with Crippen molar-refractivity contribution in [3.63, 3.8) is 0 Å². The second kappa shape index (κ2) is 4.36. The summed E-state index contributed by atoms with van der Waals surface area (Å²) < 4.78 is 26.8. The van der Waals surface area contributed by atoms with E-state index in [9.17, 15) is 23.2 Å². The molecule has 0 unspecified atom stereocenters. The molecule has 104 valence electrons. The first kappa shape index (κ1) is 12.7. The van der Waals surface area contributed by atoms with Gasteiger partial charge in [-0.15, -0.1) is 0 Å². The van der Waals surface area contributed by atoms with Crippen LogP contribution >= 0.6 is 0 Å². The molecule has 0 spiro atoms. The largest absolute Gasteiger partial charge is 0.352 e. The molecule has 1 N–H and O–H groups in total. The SMILES string of the molecule is O=C(CN1C(=O)C(=O)c2cc(F)cc(F)c21)NC1CC1. The van der Waals surface area contributed by atoms with Crippen LogP contribution in [0.4, 0.5) is 14.5 Å². The second-order valence-corrected chi connectivity index (χ2v) is 4.85.